The van der Waals surface area contributed by atoms with E-state index in [1.54, 1.807) is 12.7 Å². The predicted octanol–water partition coefficient (Wildman–Crippen LogP) is 5.09. The summed E-state index contributed by atoms with van der Waals surface area (Å²) in [5, 5.41) is 0. The van der Waals surface area contributed by atoms with Crippen molar-refractivity contribution in [1.29, 1.82) is 0 Å². The monoisotopic (exact) mass is 477 g/mol. The second-order valence-electron chi connectivity index (χ2n) is 9.76. The molecule has 0 spiro atoms. The number of benzene rings is 1. The third-order valence-electron chi connectivity index (χ3n) is 8.23. The van der Waals surface area contributed by atoms with E-state index in [0.717, 1.165) is 65.6 Å². The SMILES string of the molecule is CCC1(CC)CC=C(c2cc(N3CCOCC3)ccc2N2CCN(CCOC)CC2)CC1.Cl. The lowest BCUT2D eigenvalue weighted by Gasteiger charge is -2.39. The van der Waals surface area contributed by atoms with Gasteiger partial charge >= 0.3 is 0 Å². The van der Waals surface area contributed by atoms with E-state index in [9.17, 15) is 0 Å². The van der Waals surface area contributed by atoms with Gasteiger partial charge < -0.3 is 19.3 Å². The molecule has 2 fully saturated rings. The van der Waals surface area contributed by atoms with Crippen LogP contribution in [0, 0.1) is 5.41 Å². The van der Waals surface area contributed by atoms with Crippen LogP contribution in [0.3, 0.4) is 0 Å². The number of rotatable bonds is 8. The van der Waals surface area contributed by atoms with Crippen molar-refractivity contribution in [3.05, 3.63) is 29.8 Å². The minimum absolute atomic E-state index is 0. The number of morpholine rings is 1. The van der Waals surface area contributed by atoms with Crippen molar-refractivity contribution in [2.75, 3.05) is 82.5 Å². The molecule has 0 atom stereocenters. The van der Waals surface area contributed by atoms with Crippen LogP contribution in [-0.2, 0) is 9.47 Å². The summed E-state index contributed by atoms with van der Waals surface area (Å²) in [7, 11) is 1.79. The van der Waals surface area contributed by atoms with Crippen molar-refractivity contribution in [2.45, 2.75) is 46.0 Å². The van der Waals surface area contributed by atoms with Crippen molar-refractivity contribution in [3.8, 4) is 0 Å². The highest BCUT2D eigenvalue weighted by Gasteiger charge is 2.30. The fourth-order valence-electron chi connectivity index (χ4n) is 5.59. The van der Waals surface area contributed by atoms with Gasteiger partial charge in [-0.05, 0) is 48.4 Å². The number of nitrogens with zero attached hydrogens (tertiary/aromatic N) is 3. The standard InChI is InChI=1S/C27H43N3O2.ClH/c1-4-27(5-2)10-8-23(9-11-27)25-22-24(29-17-20-32-21-18-29)6-7-26(25)30-14-12-28(13-15-30)16-19-31-3;/h6-8,22H,4-5,9-21H2,1-3H3;1H. The van der Waals surface area contributed by atoms with Gasteiger partial charge in [0.2, 0.25) is 0 Å². The number of hydrogen-bond acceptors (Lipinski definition) is 5. The Labute approximate surface area is 207 Å². The zero-order valence-electron chi connectivity index (χ0n) is 21.0. The van der Waals surface area contributed by atoms with E-state index in [-0.39, 0.29) is 12.4 Å². The number of halogens is 1. The molecule has 33 heavy (non-hydrogen) atoms. The molecule has 2 heterocycles. The predicted molar refractivity (Wildman–Crippen MR) is 142 cm³/mol. The fraction of sp³-hybridized carbons (Fsp3) is 0.704. The number of methoxy groups -OCH3 is 1. The Morgan fingerprint density at radius 2 is 1.70 bits per heavy atom. The third kappa shape index (κ3) is 6.25. The smallest absolute Gasteiger partial charge is 0.0642 e. The van der Waals surface area contributed by atoms with Crippen LogP contribution in [-0.4, -0.2) is 77.6 Å². The van der Waals surface area contributed by atoms with Gasteiger partial charge in [0.25, 0.3) is 0 Å². The van der Waals surface area contributed by atoms with Crippen LogP contribution in [0.5, 0.6) is 0 Å². The molecular formula is C27H44ClN3O2. The summed E-state index contributed by atoms with van der Waals surface area (Å²) in [6.07, 6.45) is 8.90. The van der Waals surface area contributed by atoms with Crippen LogP contribution in [0.2, 0.25) is 0 Å². The second kappa shape index (κ2) is 12.4. The number of piperazine rings is 1. The van der Waals surface area contributed by atoms with Gasteiger partial charge in [0.05, 0.1) is 19.8 Å². The highest BCUT2D eigenvalue weighted by atomic mass is 35.5. The Kier molecular flexibility index (Phi) is 9.93. The van der Waals surface area contributed by atoms with Crippen molar-refractivity contribution >= 4 is 29.4 Å². The molecule has 186 valence electrons. The van der Waals surface area contributed by atoms with E-state index in [1.807, 2.05) is 0 Å². The Bertz CT molecular complexity index is 767. The van der Waals surface area contributed by atoms with Crippen molar-refractivity contribution in [3.63, 3.8) is 0 Å². The first-order valence-electron chi connectivity index (χ1n) is 12.8. The summed E-state index contributed by atoms with van der Waals surface area (Å²) in [4.78, 5) is 7.63. The minimum atomic E-state index is 0. The molecule has 0 bridgehead atoms. The maximum absolute atomic E-state index is 5.60. The first-order chi connectivity index (χ1) is 15.7. The summed E-state index contributed by atoms with van der Waals surface area (Å²) in [5.41, 5.74) is 6.34. The number of ether oxygens (including phenoxy) is 2. The molecule has 2 saturated heterocycles. The van der Waals surface area contributed by atoms with Crippen LogP contribution in [0.1, 0.15) is 51.5 Å². The van der Waals surface area contributed by atoms with Crippen molar-refractivity contribution < 1.29 is 9.47 Å². The average Bonchev–Trinajstić information content (AvgIpc) is 2.88. The van der Waals surface area contributed by atoms with Crippen molar-refractivity contribution in [1.82, 2.24) is 4.90 Å². The van der Waals surface area contributed by atoms with E-state index >= 15 is 0 Å². The molecule has 0 amide bonds. The van der Waals surface area contributed by atoms with Gasteiger partial charge in [-0.2, -0.15) is 0 Å². The molecule has 5 nitrogen and oxygen atoms in total. The first kappa shape index (κ1) is 26.3. The summed E-state index contributed by atoms with van der Waals surface area (Å²) >= 11 is 0. The van der Waals surface area contributed by atoms with E-state index in [1.165, 1.54) is 49.0 Å². The Hall–Kier alpha value is -1.27. The normalized spacial score (nSPS) is 21.5. The maximum atomic E-state index is 5.60. The Morgan fingerprint density at radius 3 is 2.30 bits per heavy atom. The molecule has 1 aromatic carbocycles. The fourth-order valence-corrected chi connectivity index (χ4v) is 5.59. The summed E-state index contributed by atoms with van der Waals surface area (Å²) in [6.45, 7) is 14.7. The lowest BCUT2D eigenvalue weighted by atomic mass is 9.70. The van der Waals surface area contributed by atoms with E-state index < -0.39 is 0 Å². The molecule has 0 radical (unpaired) electrons. The molecule has 0 saturated carbocycles. The minimum Gasteiger partial charge on any atom is -0.383 e. The Morgan fingerprint density at radius 1 is 0.970 bits per heavy atom. The van der Waals surface area contributed by atoms with Crippen LogP contribution in [0.25, 0.3) is 5.57 Å². The summed E-state index contributed by atoms with van der Waals surface area (Å²) in [5.74, 6) is 0. The molecule has 6 heteroatoms. The molecule has 0 N–H and O–H groups in total. The molecule has 2 aliphatic heterocycles. The van der Waals surface area contributed by atoms with E-state index in [4.69, 9.17) is 9.47 Å². The highest BCUT2D eigenvalue weighted by molar-refractivity contribution is 5.85. The molecular weight excluding hydrogens is 434 g/mol. The zero-order chi connectivity index (χ0) is 22.4. The van der Waals surface area contributed by atoms with Gasteiger partial charge in [-0.3, -0.25) is 4.90 Å². The lowest BCUT2D eigenvalue weighted by Crippen LogP contribution is -2.47. The number of allylic oxidation sites excluding steroid dienone is 2. The summed E-state index contributed by atoms with van der Waals surface area (Å²) in [6, 6.07) is 7.22. The Balaban J connectivity index is 0.00000306. The third-order valence-corrected chi connectivity index (χ3v) is 8.23. The van der Waals surface area contributed by atoms with Crippen LogP contribution < -0.4 is 9.80 Å². The van der Waals surface area contributed by atoms with Crippen LogP contribution in [0.15, 0.2) is 24.3 Å². The van der Waals surface area contributed by atoms with E-state index in [0.29, 0.717) is 5.41 Å². The van der Waals surface area contributed by atoms with E-state index in [2.05, 4.69) is 52.8 Å². The van der Waals surface area contributed by atoms with Crippen molar-refractivity contribution in [2.24, 2.45) is 5.41 Å². The summed E-state index contributed by atoms with van der Waals surface area (Å²) < 4.78 is 10.9. The molecule has 1 aromatic rings. The lowest BCUT2D eigenvalue weighted by molar-refractivity contribution is 0.122. The molecule has 4 rings (SSSR count). The largest absolute Gasteiger partial charge is 0.383 e. The first-order valence-corrected chi connectivity index (χ1v) is 12.8. The molecule has 1 aliphatic carbocycles. The van der Waals surface area contributed by atoms with Gasteiger partial charge in [-0.1, -0.05) is 32.8 Å². The average molecular weight is 478 g/mol. The molecule has 0 unspecified atom stereocenters. The zero-order valence-corrected chi connectivity index (χ0v) is 21.8. The van der Waals surface area contributed by atoms with Gasteiger partial charge in [-0.25, -0.2) is 0 Å². The van der Waals surface area contributed by atoms with Gasteiger partial charge in [0.15, 0.2) is 0 Å². The highest BCUT2D eigenvalue weighted by Crippen LogP contribution is 2.45. The van der Waals surface area contributed by atoms with Gasteiger partial charge in [0.1, 0.15) is 0 Å². The molecule has 3 aliphatic rings. The topological polar surface area (TPSA) is 28.2 Å². The number of anilines is 2. The number of hydrogen-bond donors (Lipinski definition) is 0. The maximum Gasteiger partial charge on any atom is 0.0642 e. The van der Waals surface area contributed by atoms with Gasteiger partial charge in [-0.15, -0.1) is 12.4 Å². The van der Waals surface area contributed by atoms with Crippen LogP contribution >= 0.6 is 12.4 Å². The quantitative estimate of drug-likeness (QED) is 0.520. The van der Waals surface area contributed by atoms with Crippen LogP contribution in [0.4, 0.5) is 11.4 Å². The second-order valence-corrected chi connectivity index (χ2v) is 9.76. The van der Waals surface area contributed by atoms with Gasteiger partial charge in [0, 0.05) is 69.9 Å². The molecule has 0 aromatic heterocycles.